The van der Waals surface area contributed by atoms with Crippen LogP contribution in [0.2, 0.25) is 15.1 Å². The minimum Gasteiger partial charge on any atom is -0.357 e. The third-order valence-electron chi connectivity index (χ3n) is 6.12. The summed E-state index contributed by atoms with van der Waals surface area (Å²) in [6, 6.07) is 20.1. The molecule has 0 unspecified atom stereocenters. The van der Waals surface area contributed by atoms with E-state index in [9.17, 15) is 18.0 Å². The second-order valence-electron chi connectivity index (χ2n) is 9.00. The highest BCUT2D eigenvalue weighted by molar-refractivity contribution is 7.92. The van der Waals surface area contributed by atoms with Gasteiger partial charge in [-0.05, 0) is 47.9 Å². The minimum atomic E-state index is -3.63. The number of anilines is 1. The molecular formula is C28H30Cl3N3O4S. The first-order valence-corrected chi connectivity index (χ1v) is 15.2. The molecule has 0 aromatic heterocycles. The zero-order valence-electron chi connectivity index (χ0n) is 21.6. The van der Waals surface area contributed by atoms with Gasteiger partial charge in [0.25, 0.3) is 0 Å². The highest BCUT2D eigenvalue weighted by Crippen LogP contribution is 2.26. The van der Waals surface area contributed by atoms with Crippen molar-refractivity contribution in [3.05, 3.63) is 99.0 Å². The molecule has 39 heavy (non-hydrogen) atoms. The Morgan fingerprint density at radius 3 is 2.23 bits per heavy atom. The Labute approximate surface area is 244 Å². The smallest absolute Gasteiger partial charge is 0.242 e. The number of halogens is 3. The first-order valence-electron chi connectivity index (χ1n) is 12.2. The fraction of sp³-hybridized carbons (Fsp3) is 0.286. The zero-order chi connectivity index (χ0) is 28.6. The number of nitrogens with zero attached hydrogens (tertiary/aromatic N) is 2. The Kier molecular flexibility index (Phi) is 11.1. The quantitative estimate of drug-likeness (QED) is 0.290. The van der Waals surface area contributed by atoms with Gasteiger partial charge in [0.1, 0.15) is 6.04 Å². The van der Waals surface area contributed by atoms with E-state index in [1.54, 1.807) is 42.5 Å². The molecule has 0 aliphatic heterocycles. The fourth-order valence-corrected chi connectivity index (χ4v) is 5.80. The maximum absolute atomic E-state index is 13.7. The van der Waals surface area contributed by atoms with E-state index in [1.165, 1.54) is 16.3 Å². The number of sulfonamides is 1. The van der Waals surface area contributed by atoms with Crippen LogP contribution in [-0.2, 0) is 32.6 Å². The predicted molar refractivity (Wildman–Crippen MR) is 158 cm³/mol. The van der Waals surface area contributed by atoms with Crippen LogP contribution in [-0.4, -0.2) is 51.0 Å². The van der Waals surface area contributed by atoms with Crippen molar-refractivity contribution in [3.63, 3.8) is 0 Å². The summed E-state index contributed by atoms with van der Waals surface area (Å²) in [5, 5.41) is 3.89. The summed E-state index contributed by atoms with van der Waals surface area (Å²) >= 11 is 18.6. The molecule has 1 N–H and O–H groups in total. The number of carbonyl (C=O) groups excluding carboxylic acids is 2. The Hall–Kier alpha value is -2.78. The zero-order valence-corrected chi connectivity index (χ0v) is 24.7. The van der Waals surface area contributed by atoms with E-state index in [2.05, 4.69) is 5.32 Å². The highest BCUT2D eigenvalue weighted by atomic mass is 35.5. The third kappa shape index (κ3) is 8.86. The number of hydrogen-bond acceptors (Lipinski definition) is 4. The van der Waals surface area contributed by atoms with Crippen molar-refractivity contribution < 1.29 is 18.0 Å². The monoisotopic (exact) mass is 609 g/mol. The van der Waals surface area contributed by atoms with Crippen molar-refractivity contribution in [1.82, 2.24) is 10.2 Å². The van der Waals surface area contributed by atoms with Gasteiger partial charge in [-0.2, -0.15) is 0 Å². The lowest BCUT2D eigenvalue weighted by Crippen LogP contribution is -2.49. The van der Waals surface area contributed by atoms with Crippen LogP contribution in [0.15, 0.2) is 72.8 Å². The van der Waals surface area contributed by atoms with Gasteiger partial charge < -0.3 is 10.2 Å². The number of carbonyl (C=O) groups is 2. The standard InChI is InChI=1S/C28H30Cl3N3O4S/c1-32-28(36)26(16-20-8-4-3-5-9-20)33(19-21-13-14-23(30)18-25(21)31)27(35)12-7-15-34(39(2,37)38)24-11-6-10-22(29)17-24/h3-6,8-11,13-14,17-18,26H,7,12,15-16,19H2,1-2H3,(H,32,36)/t26-/m0/s1. The topological polar surface area (TPSA) is 86.8 Å². The molecule has 0 bridgehead atoms. The number of nitrogens with one attached hydrogen (secondary N) is 1. The SMILES string of the molecule is CNC(=O)[C@H](Cc1ccccc1)N(Cc1ccc(Cl)cc1Cl)C(=O)CCCN(c1cccc(Cl)c1)S(C)(=O)=O. The maximum atomic E-state index is 13.7. The summed E-state index contributed by atoms with van der Waals surface area (Å²) in [4.78, 5) is 28.2. The molecule has 3 aromatic rings. The summed E-state index contributed by atoms with van der Waals surface area (Å²) < 4.78 is 26.2. The molecule has 0 radical (unpaired) electrons. The van der Waals surface area contributed by atoms with Crippen LogP contribution in [0.25, 0.3) is 0 Å². The van der Waals surface area contributed by atoms with Crippen molar-refractivity contribution in [2.24, 2.45) is 0 Å². The van der Waals surface area contributed by atoms with Gasteiger partial charge in [-0.15, -0.1) is 0 Å². The molecule has 0 heterocycles. The lowest BCUT2D eigenvalue weighted by Gasteiger charge is -2.32. The van der Waals surface area contributed by atoms with Crippen molar-refractivity contribution in [3.8, 4) is 0 Å². The number of likely N-dealkylation sites (N-methyl/N-ethyl adjacent to an activating group) is 1. The first kappa shape index (κ1) is 30.8. The van der Waals surface area contributed by atoms with Crippen LogP contribution in [0.4, 0.5) is 5.69 Å². The largest absolute Gasteiger partial charge is 0.357 e. The van der Waals surface area contributed by atoms with Gasteiger partial charge >= 0.3 is 0 Å². The molecule has 0 aliphatic carbocycles. The van der Waals surface area contributed by atoms with Crippen LogP contribution in [0, 0.1) is 0 Å². The van der Waals surface area contributed by atoms with Gasteiger partial charge in [0.2, 0.25) is 21.8 Å². The van der Waals surface area contributed by atoms with E-state index >= 15 is 0 Å². The van der Waals surface area contributed by atoms with Crippen molar-refractivity contribution in [2.45, 2.75) is 31.8 Å². The molecule has 7 nitrogen and oxygen atoms in total. The molecule has 208 valence electrons. The Balaban J connectivity index is 1.87. The van der Waals surface area contributed by atoms with Crippen LogP contribution in [0.1, 0.15) is 24.0 Å². The predicted octanol–water partition coefficient (Wildman–Crippen LogP) is 5.58. The van der Waals surface area contributed by atoms with Crippen molar-refractivity contribution in [2.75, 3.05) is 24.2 Å². The molecular weight excluding hydrogens is 581 g/mol. The molecule has 1 atom stereocenters. The molecule has 0 aliphatic rings. The normalized spacial score (nSPS) is 12.0. The van der Waals surface area contributed by atoms with Gasteiger partial charge in [-0.3, -0.25) is 13.9 Å². The summed E-state index contributed by atoms with van der Waals surface area (Å²) in [5.41, 5.74) is 1.93. The summed E-state index contributed by atoms with van der Waals surface area (Å²) in [6.45, 7) is 0.133. The highest BCUT2D eigenvalue weighted by Gasteiger charge is 2.30. The lowest BCUT2D eigenvalue weighted by molar-refractivity contribution is -0.141. The molecule has 0 saturated carbocycles. The van der Waals surface area contributed by atoms with Gasteiger partial charge in [0, 0.05) is 48.0 Å². The van der Waals surface area contributed by atoms with Crippen LogP contribution in [0.5, 0.6) is 0 Å². The second-order valence-corrected chi connectivity index (χ2v) is 12.2. The van der Waals surface area contributed by atoms with Crippen LogP contribution < -0.4 is 9.62 Å². The van der Waals surface area contributed by atoms with Gasteiger partial charge in [0.15, 0.2) is 0 Å². The minimum absolute atomic E-state index is 0.0000779. The van der Waals surface area contributed by atoms with E-state index < -0.39 is 16.1 Å². The summed E-state index contributed by atoms with van der Waals surface area (Å²) in [6.07, 6.45) is 1.61. The first-order chi connectivity index (χ1) is 18.5. The number of benzene rings is 3. The second kappa shape index (κ2) is 14.0. The maximum Gasteiger partial charge on any atom is 0.242 e. The Morgan fingerprint density at radius 1 is 0.923 bits per heavy atom. The number of hydrogen-bond donors (Lipinski definition) is 1. The van der Waals surface area contributed by atoms with E-state index in [4.69, 9.17) is 34.8 Å². The molecule has 0 fully saturated rings. The van der Waals surface area contributed by atoms with Gasteiger partial charge in [-0.1, -0.05) is 77.3 Å². The molecule has 0 spiro atoms. The summed E-state index contributed by atoms with van der Waals surface area (Å²) in [7, 11) is -2.11. The molecule has 2 amide bonds. The number of amides is 2. The molecule has 0 saturated heterocycles. The summed E-state index contributed by atoms with van der Waals surface area (Å²) in [5.74, 6) is -0.640. The fourth-order valence-electron chi connectivity index (χ4n) is 4.19. The van der Waals surface area contributed by atoms with Gasteiger partial charge in [-0.25, -0.2) is 8.42 Å². The van der Waals surface area contributed by atoms with E-state index in [1.807, 2.05) is 30.3 Å². The third-order valence-corrected chi connectivity index (χ3v) is 8.14. The molecule has 3 aromatic carbocycles. The van der Waals surface area contributed by atoms with Crippen LogP contribution in [0.3, 0.4) is 0 Å². The van der Waals surface area contributed by atoms with E-state index in [0.717, 1.165) is 11.8 Å². The lowest BCUT2D eigenvalue weighted by atomic mass is 10.0. The Bertz CT molecular complexity index is 1400. The molecule has 11 heteroatoms. The Morgan fingerprint density at radius 2 is 1.62 bits per heavy atom. The van der Waals surface area contributed by atoms with Crippen molar-refractivity contribution in [1.29, 1.82) is 0 Å². The number of rotatable bonds is 12. The average molecular weight is 611 g/mol. The van der Waals surface area contributed by atoms with Crippen molar-refractivity contribution >= 4 is 62.3 Å². The van der Waals surface area contributed by atoms with E-state index in [-0.39, 0.29) is 44.2 Å². The van der Waals surface area contributed by atoms with Gasteiger partial charge in [0.05, 0.1) is 11.9 Å². The molecule has 3 rings (SSSR count). The average Bonchev–Trinajstić information content (AvgIpc) is 2.89. The van der Waals surface area contributed by atoms with Crippen LogP contribution >= 0.6 is 34.8 Å². The van der Waals surface area contributed by atoms with E-state index in [0.29, 0.717) is 26.3 Å².